The quantitative estimate of drug-likeness (QED) is 0.641. The van der Waals surface area contributed by atoms with E-state index in [-0.39, 0.29) is 6.10 Å². The minimum Gasteiger partial charge on any atom is -0.488 e. The molecule has 132 valence electrons. The number of rotatable bonds is 5. The maximum Gasteiger partial charge on any atom is 0.191 e. The highest BCUT2D eigenvalue weighted by Crippen LogP contribution is 2.27. The van der Waals surface area contributed by atoms with Crippen LogP contribution in [0.5, 0.6) is 5.75 Å². The van der Waals surface area contributed by atoms with E-state index in [9.17, 15) is 0 Å². The summed E-state index contributed by atoms with van der Waals surface area (Å²) < 4.78 is 5.98. The highest BCUT2D eigenvalue weighted by atomic mass is 16.5. The van der Waals surface area contributed by atoms with Crippen LogP contribution in [0.3, 0.4) is 0 Å². The van der Waals surface area contributed by atoms with Crippen LogP contribution in [0.2, 0.25) is 0 Å². The molecule has 0 amide bonds. The normalized spacial score (nSPS) is 24.3. The molecule has 0 aromatic heterocycles. The van der Waals surface area contributed by atoms with Crippen LogP contribution >= 0.6 is 0 Å². The molecule has 1 saturated heterocycles. The smallest absolute Gasteiger partial charge is 0.191 e. The third-order valence-electron chi connectivity index (χ3n) is 5.09. The van der Waals surface area contributed by atoms with Gasteiger partial charge in [-0.05, 0) is 37.6 Å². The van der Waals surface area contributed by atoms with E-state index in [4.69, 9.17) is 4.74 Å². The van der Waals surface area contributed by atoms with Gasteiger partial charge in [-0.25, -0.2) is 0 Å². The summed E-state index contributed by atoms with van der Waals surface area (Å²) in [5.41, 5.74) is 1.30. The number of hydrogen-bond donors (Lipinski definition) is 2. The highest BCUT2D eigenvalue weighted by Gasteiger charge is 2.23. The number of ether oxygens (including phenoxy) is 1. The van der Waals surface area contributed by atoms with Crippen molar-refractivity contribution in [2.24, 2.45) is 4.99 Å². The van der Waals surface area contributed by atoms with Crippen LogP contribution in [0.25, 0.3) is 0 Å². The Balaban J connectivity index is 1.43. The van der Waals surface area contributed by atoms with Gasteiger partial charge in [0.1, 0.15) is 11.9 Å². The van der Waals surface area contributed by atoms with Gasteiger partial charge in [-0.3, -0.25) is 9.89 Å². The molecule has 0 radical (unpaired) electrons. The molecule has 2 unspecified atom stereocenters. The fourth-order valence-corrected chi connectivity index (χ4v) is 3.72. The monoisotopic (exact) mass is 330 g/mol. The predicted octanol–water partition coefficient (Wildman–Crippen LogP) is 2.03. The first-order valence-corrected chi connectivity index (χ1v) is 9.23. The lowest BCUT2D eigenvalue weighted by molar-refractivity contribution is 0.157. The molecule has 2 aliphatic rings. The largest absolute Gasteiger partial charge is 0.488 e. The summed E-state index contributed by atoms with van der Waals surface area (Å²) in [7, 11) is 1.83. The predicted molar refractivity (Wildman–Crippen MR) is 98.8 cm³/mol. The number of benzene rings is 1. The molecule has 5 heteroatoms. The fourth-order valence-electron chi connectivity index (χ4n) is 3.72. The van der Waals surface area contributed by atoms with E-state index >= 15 is 0 Å². The fraction of sp³-hybridized carbons (Fsp3) is 0.632. The highest BCUT2D eigenvalue weighted by molar-refractivity contribution is 5.79. The van der Waals surface area contributed by atoms with E-state index in [0.29, 0.717) is 6.04 Å². The Morgan fingerprint density at radius 3 is 2.88 bits per heavy atom. The summed E-state index contributed by atoms with van der Waals surface area (Å²) in [6.07, 6.45) is 5.09. The molecule has 2 heterocycles. The Hall–Kier alpha value is -1.75. The van der Waals surface area contributed by atoms with Crippen LogP contribution in [0, 0.1) is 0 Å². The van der Waals surface area contributed by atoms with Crippen molar-refractivity contribution < 1.29 is 4.74 Å². The first-order valence-electron chi connectivity index (χ1n) is 9.23. The van der Waals surface area contributed by atoms with E-state index < -0.39 is 0 Å². The molecular weight excluding hydrogens is 300 g/mol. The zero-order chi connectivity index (χ0) is 16.8. The maximum absolute atomic E-state index is 5.98. The number of fused-ring (bicyclic) bond motifs is 1. The Kier molecular flexibility index (Phi) is 5.96. The lowest BCUT2D eigenvalue weighted by atomic mass is 10.0. The van der Waals surface area contributed by atoms with Crippen molar-refractivity contribution in [3.8, 4) is 5.75 Å². The van der Waals surface area contributed by atoms with Gasteiger partial charge in [0.2, 0.25) is 0 Å². The lowest BCUT2D eigenvalue weighted by Crippen LogP contribution is -2.50. The number of likely N-dealkylation sites (tertiary alicyclic amines) is 1. The first kappa shape index (κ1) is 17.1. The van der Waals surface area contributed by atoms with Crippen molar-refractivity contribution in [3.05, 3.63) is 29.8 Å². The Labute approximate surface area is 145 Å². The third kappa shape index (κ3) is 4.20. The van der Waals surface area contributed by atoms with Crippen molar-refractivity contribution in [1.82, 2.24) is 15.5 Å². The van der Waals surface area contributed by atoms with Crippen molar-refractivity contribution in [1.29, 1.82) is 0 Å². The number of nitrogens with one attached hydrogen (secondary N) is 2. The number of para-hydroxylation sites is 1. The zero-order valence-corrected chi connectivity index (χ0v) is 14.9. The number of piperidine rings is 1. The van der Waals surface area contributed by atoms with Crippen molar-refractivity contribution in [2.45, 2.75) is 44.8 Å². The average molecular weight is 330 g/mol. The van der Waals surface area contributed by atoms with Gasteiger partial charge in [-0.15, -0.1) is 0 Å². The maximum atomic E-state index is 5.98. The zero-order valence-electron chi connectivity index (χ0n) is 14.9. The number of guanidine groups is 1. The molecule has 0 bridgehead atoms. The van der Waals surface area contributed by atoms with Gasteiger partial charge in [0.15, 0.2) is 5.96 Å². The molecule has 3 rings (SSSR count). The van der Waals surface area contributed by atoms with Gasteiger partial charge < -0.3 is 15.4 Å². The molecule has 5 nitrogen and oxygen atoms in total. The second kappa shape index (κ2) is 8.38. The van der Waals surface area contributed by atoms with Crippen LogP contribution in [0.4, 0.5) is 0 Å². The topological polar surface area (TPSA) is 48.9 Å². The van der Waals surface area contributed by atoms with Gasteiger partial charge in [0, 0.05) is 26.1 Å². The van der Waals surface area contributed by atoms with E-state index in [1.54, 1.807) is 0 Å². The lowest BCUT2D eigenvalue weighted by Gasteiger charge is -2.35. The molecule has 1 aromatic rings. The Bertz CT molecular complexity index is 535. The summed E-state index contributed by atoms with van der Waals surface area (Å²) in [5, 5.41) is 6.90. The Morgan fingerprint density at radius 2 is 2.08 bits per heavy atom. The minimum absolute atomic E-state index is 0.183. The third-order valence-corrected chi connectivity index (χ3v) is 5.09. The van der Waals surface area contributed by atoms with Crippen LogP contribution in [0.1, 0.15) is 31.7 Å². The van der Waals surface area contributed by atoms with Crippen molar-refractivity contribution >= 4 is 5.96 Å². The average Bonchev–Trinajstić information content (AvgIpc) is 3.05. The number of likely N-dealkylation sites (N-methyl/N-ethyl adjacent to an activating group) is 1. The SMILES string of the molecule is CCN1CCCCC1CNC(=NC)NCC1Cc2ccccc2O1. The summed E-state index contributed by atoms with van der Waals surface area (Å²) in [6.45, 7) is 6.34. The number of nitrogens with zero attached hydrogens (tertiary/aromatic N) is 2. The molecule has 1 aromatic carbocycles. The molecule has 24 heavy (non-hydrogen) atoms. The second-order valence-electron chi connectivity index (χ2n) is 6.66. The van der Waals surface area contributed by atoms with Crippen molar-refractivity contribution in [3.63, 3.8) is 0 Å². The van der Waals surface area contributed by atoms with Gasteiger partial charge >= 0.3 is 0 Å². The van der Waals surface area contributed by atoms with Gasteiger partial charge in [-0.1, -0.05) is 31.5 Å². The molecule has 2 atom stereocenters. The minimum atomic E-state index is 0.183. The summed E-state index contributed by atoms with van der Waals surface area (Å²) in [6, 6.07) is 8.91. The molecule has 2 N–H and O–H groups in total. The molecule has 2 aliphatic heterocycles. The standard InChI is InChI=1S/C19H30N4O/c1-3-23-11-7-6-9-16(23)13-21-19(20-2)22-14-17-12-15-8-4-5-10-18(15)24-17/h4-5,8,10,16-17H,3,6-7,9,11-14H2,1-2H3,(H2,20,21,22). The summed E-state index contributed by atoms with van der Waals surface area (Å²) in [5.74, 6) is 1.89. The number of aliphatic imine (C=N–C) groups is 1. The van der Waals surface area contributed by atoms with E-state index in [0.717, 1.165) is 37.8 Å². The Morgan fingerprint density at radius 1 is 1.25 bits per heavy atom. The molecule has 0 saturated carbocycles. The van der Waals surface area contributed by atoms with E-state index in [2.05, 4.69) is 39.6 Å². The van der Waals surface area contributed by atoms with E-state index in [1.807, 2.05) is 19.2 Å². The van der Waals surface area contributed by atoms with Gasteiger partial charge in [0.05, 0.1) is 6.54 Å². The van der Waals surface area contributed by atoms with Crippen LogP contribution in [-0.2, 0) is 6.42 Å². The first-order chi connectivity index (χ1) is 11.8. The van der Waals surface area contributed by atoms with Crippen LogP contribution in [-0.4, -0.2) is 56.2 Å². The van der Waals surface area contributed by atoms with Gasteiger partial charge in [0.25, 0.3) is 0 Å². The summed E-state index contributed by atoms with van der Waals surface area (Å²) in [4.78, 5) is 6.92. The van der Waals surface area contributed by atoms with Crippen molar-refractivity contribution in [2.75, 3.05) is 33.2 Å². The number of hydrogen-bond acceptors (Lipinski definition) is 3. The van der Waals surface area contributed by atoms with Crippen LogP contribution < -0.4 is 15.4 Å². The molecular formula is C19H30N4O. The molecule has 0 spiro atoms. The van der Waals surface area contributed by atoms with E-state index in [1.165, 1.54) is 31.4 Å². The van der Waals surface area contributed by atoms with Gasteiger partial charge in [-0.2, -0.15) is 0 Å². The molecule has 0 aliphatic carbocycles. The van der Waals surface area contributed by atoms with Crippen LogP contribution in [0.15, 0.2) is 29.3 Å². The molecule has 1 fully saturated rings. The second-order valence-corrected chi connectivity index (χ2v) is 6.66. The summed E-state index contributed by atoms with van der Waals surface area (Å²) >= 11 is 0.